The molecule has 1 fully saturated rings. The number of hydrogen-bond acceptors (Lipinski definition) is 7. The molecule has 21 heavy (non-hydrogen) atoms. The number of nitrogens with one attached hydrogen (secondary N) is 1. The molecule has 118 valence electrons. The molecule has 0 saturated carbocycles. The van der Waals surface area contributed by atoms with Crippen molar-refractivity contribution >= 4 is 5.82 Å². The molecule has 2 heterocycles. The molecule has 0 radical (unpaired) electrons. The third-order valence-corrected chi connectivity index (χ3v) is 3.77. The molecule has 0 spiro atoms. The van der Waals surface area contributed by atoms with Crippen LogP contribution < -0.4 is 14.8 Å². The number of hydrogen-bond donors (Lipinski definition) is 2. The zero-order valence-corrected chi connectivity index (χ0v) is 12.7. The number of methoxy groups -OCH3 is 2. The van der Waals surface area contributed by atoms with Gasteiger partial charge in [0.2, 0.25) is 5.88 Å². The van der Waals surface area contributed by atoms with Crippen LogP contribution in [0.2, 0.25) is 0 Å². The van der Waals surface area contributed by atoms with Crippen LogP contribution in [0, 0.1) is 5.92 Å². The Morgan fingerprint density at radius 3 is 2.67 bits per heavy atom. The molecule has 0 amide bonds. The van der Waals surface area contributed by atoms with Crippen LogP contribution in [0.25, 0.3) is 0 Å². The largest absolute Gasteiger partial charge is 0.481 e. The molecule has 1 aliphatic heterocycles. The number of aromatic nitrogens is 2. The Bertz CT molecular complexity index is 414. The number of piperidine rings is 1. The lowest BCUT2D eigenvalue weighted by molar-refractivity contribution is 0.134. The minimum Gasteiger partial charge on any atom is -0.481 e. The first-order valence-corrected chi connectivity index (χ1v) is 7.29. The van der Waals surface area contributed by atoms with E-state index in [-0.39, 0.29) is 0 Å². The standard InChI is InChI=1S/C14H24N4O3/c1-20-13-9-12(16-14(17-13)21-2)15-5-8-18-6-3-11(10-19)4-7-18/h9,11,19H,3-8,10H2,1-2H3,(H,15,16,17). The second-order valence-corrected chi connectivity index (χ2v) is 5.18. The normalized spacial score (nSPS) is 16.7. The fraction of sp³-hybridized carbons (Fsp3) is 0.714. The SMILES string of the molecule is COc1cc(NCCN2CCC(CO)CC2)nc(OC)n1. The van der Waals surface area contributed by atoms with E-state index in [9.17, 15) is 0 Å². The summed E-state index contributed by atoms with van der Waals surface area (Å²) >= 11 is 0. The number of ether oxygens (including phenoxy) is 2. The molecule has 0 unspecified atom stereocenters. The van der Waals surface area contributed by atoms with Crippen molar-refractivity contribution in [1.29, 1.82) is 0 Å². The summed E-state index contributed by atoms with van der Waals surface area (Å²) in [7, 11) is 3.10. The molecule has 1 aromatic rings. The van der Waals surface area contributed by atoms with E-state index >= 15 is 0 Å². The van der Waals surface area contributed by atoms with Gasteiger partial charge in [-0.1, -0.05) is 0 Å². The van der Waals surface area contributed by atoms with Gasteiger partial charge >= 0.3 is 6.01 Å². The molecular formula is C14H24N4O3. The quantitative estimate of drug-likeness (QED) is 0.763. The summed E-state index contributed by atoms with van der Waals surface area (Å²) in [6.45, 7) is 4.15. The van der Waals surface area contributed by atoms with Crippen LogP contribution in [0.3, 0.4) is 0 Å². The van der Waals surface area contributed by atoms with Crippen LogP contribution in [0.1, 0.15) is 12.8 Å². The van der Waals surface area contributed by atoms with Crippen molar-refractivity contribution in [2.75, 3.05) is 52.3 Å². The van der Waals surface area contributed by atoms with Crippen molar-refractivity contribution in [3.8, 4) is 11.9 Å². The number of aliphatic hydroxyl groups is 1. The summed E-state index contributed by atoms with van der Waals surface area (Å²) < 4.78 is 10.2. The Morgan fingerprint density at radius 1 is 1.29 bits per heavy atom. The van der Waals surface area contributed by atoms with Crippen LogP contribution in [0.5, 0.6) is 11.9 Å². The Kier molecular flexibility index (Phi) is 6.01. The smallest absolute Gasteiger partial charge is 0.321 e. The van der Waals surface area contributed by atoms with Crippen molar-refractivity contribution < 1.29 is 14.6 Å². The Balaban J connectivity index is 1.78. The molecule has 0 atom stereocenters. The lowest BCUT2D eigenvalue weighted by Gasteiger charge is -2.31. The molecule has 0 bridgehead atoms. The van der Waals surface area contributed by atoms with Gasteiger partial charge in [0.05, 0.1) is 14.2 Å². The van der Waals surface area contributed by atoms with Crippen molar-refractivity contribution in [2.45, 2.75) is 12.8 Å². The van der Waals surface area contributed by atoms with Crippen LogP contribution in [-0.2, 0) is 0 Å². The second-order valence-electron chi connectivity index (χ2n) is 5.18. The summed E-state index contributed by atoms with van der Waals surface area (Å²) in [5.41, 5.74) is 0. The fourth-order valence-electron chi connectivity index (χ4n) is 2.42. The van der Waals surface area contributed by atoms with E-state index in [2.05, 4.69) is 20.2 Å². The van der Waals surface area contributed by atoms with Crippen LogP contribution >= 0.6 is 0 Å². The predicted octanol–water partition coefficient (Wildman–Crippen LogP) is 0.610. The highest BCUT2D eigenvalue weighted by atomic mass is 16.5. The van der Waals surface area contributed by atoms with Gasteiger partial charge in [-0.3, -0.25) is 0 Å². The van der Waals surface area contributed by atoms with Crippen molar-refractivity contribution in [1.82, 2.24) is 14.9 Å². The highest BCUT2D eigenvalue weighted by Gasteiger charge is 2.17. The monoisotopic (exact) mass is 296 g/mol. The summed E-state index contributed by atoms with van der Waals surface area (Å²) in [6, 6.07) is 2.04. The van der Waals surface area contributed by atoms with Crippen LogP contribution in [0.15, 0.2) is 6.07 Å². The molecule has 0 aliphatic carbocycles. The number of nitrogens with zero attached hydrogens (tertiary/aromatic N) is 3. The van der Waals surface area contributed by atoms with Crippen LogP contribution in [0.4, 0.5) is 5.82 Å². The van der Waals surface area contributed by atoms with E-state index in [0.29, 0.717) is 30.2 Å². The topological polar surface area (TPSA) is 79.7 Å². The molecular weight excluding hydrogens is 272 g/mol. The lowest BCUT2D eigenvalue weighted by Crippen LogP contribution is -2.37. The van der Waals surface area contributed by atoms with E-state index in [1.165, 1.54) is 7.11 Å². The van der Waals surface area contributed by atoms with Crippen molar-refractivity contribution in [2.24, 2.45) is 5.92 Å². The predicted molar refractivity (Wildman–Crippen MR) is 79.9 cm³/mol. The minimum atomic E-state index is 0.292. The molecule has 1 saturated heterocycles. The average Bonchev–Trinajstić information content (AvgIpc) is 2.55. The number of rotatable bonds is 7. The Labute approximate surface area is 125 Å². The molecule has 2 rings (SSSR count). The first-order chi connectivity index (χ1) is 10.2. The molecule has 1 aromatic heterocycles. The highest BCUT2D eigenvalue weighted by Crippen LogP contribution is 2.18. The van der Waals surface area contributed by atoms with E-state index < -0.39 is 0 Å². The Hall–Kier alpha value is -1.60. The first kappa shape index (κ1) is 15.8. The number of anilines is 1. The zero-order chi connectivity index (χ0) is 15.1. The molecule has 7 nitrogen and oxygen atoms in total. The number of likely N-dealkylation sites (tertiary alicyclic amines) is 1. The van der Waals surface area contributed by atoms with Gasteiger partial charge in [0.15, 0.2) is 0 Å². The summed E-state index contributed by atoms with van der Waals surface area (Å²) in [5, 5.41) is 12.4. The van der Waals surface area contributed by atoms with Gasteiger partial charge in [0.1, 0.15) is 5.82 Å². The third-order valence-electron chi connectivity index (χ3n) is 3.77. The summed E-state index contributed by atoms with van der Waals surface area (Å²) in [4.78, 5) is 10.7. The van der Waals surface area contributed by atoms with Crippen molar-refractivity contribution in [3.63, 3.8) is 0 Å². The van der Waals surface area contributed by atoms with Gasteiger partial charge in [0, 0.05) is 25.8 Å². The van der Waals surface area contributed by atoms with E-state index in [4.69, 9.17) is 14.6 Å². The zero-order valence-electron chi connectivity index (χ0n) is 12.7. The maximum atomic E-state index is 9.13. The average molecular weight is 296 g/mol. The van der Waals surface area contributed by atoms with E-state index in [1.54, 1.807) is 13.2 Å². The van der Waals surface area contributed by atoms with E-state index in [1.807, 2.05) is 0 Å². The number of aliphatic hydroxyl groups excluding tert-OH is 1. The molecule has 7 heteroatoms. The lowest BCUT2D eigenvalue weighted by atomic mass is 9.98. The highest BCUT2D eigenvalue weighted by molar-refractivity contribution is 5.39. The van der Waals surface area contributed by atoms with Crippen LogP contribution in [-0.4, -0.2) is 67.0 Å². The first-order valence-electron chi connectivity index (χ1n) is 7.29. The summed E-state index contributed by atoms with van der Waals surface area (Å²) in [6.07, 6.45) is 2.15. The second kappa shape index (κ2) is 7.99. The fourth-order valence-corrected chi connectivity index (χ4v) is 2.42. The summed E-state index contributed by atoms with van der Waals surface area (Å²) in [5.74, 6) is 1.65. The van der Waals surface area contributed by atoms with Gasteiger partial charge in [0.25, 0.3) is 0 Å². The van der Waals surface area contributed by atoms with Gasteiger partial charge in [-0.25, -0.2) is 0 Å². The van der Waals surface area contributed by atoms with Gasteiger partial charge in [-0.15, -0.1) is 0 Å². The van der Waals surface area contributed by atoms with Gasteiger partial charge in [-0.05, 0) is 31.8 Å². The van der Waals surface area contributed by atoms with E-state index in [0.717, 1.165) is 39.0 Å². The van der Waals surface area contributed by atoms with Gasteiger partial charge in [-0.2, -0.15) is 9.97 Å². The maximum Gasteiger partial charge on any atom is 0.321 e. The maximum absolute atomic E-state index is 9.13. The van der Waals surface area contributed by atoms with Gasteiger partial charge < -0.3 is 24.8 Å². The minimum absolute atomic E-state index is 0.292. The molecule has 1 aliphatic rings. The van der Waals surface area contributed by atoms with Crippen molar-refractivity contribution in [3.05, 3.63) is 6.07 Å². The molecule has 2 N–H and O–H groups in total. The molecule has 0 aromatic carbocycles. The third kappa shape index (κ3) is 4.71. The Morgan fingerprint density at radius 2 is 2.05 bits per heavy atom.